The highest BCUT2D eigenvalue weighted by Crippen LogP contribution is 2.33. The number of imidazole rings is 2. The van der Waals surface area contributed by atoms with Crippen molar-refractivity contribution in [3.63, 3.8) is 0 Å². The topological polar surface area (TPSA) is 156 Å². The fourth-order valence-corrected chi connectivity index (χ4v) is 3.80. The van der Waals surface area contributed by atoms with Gasteiger partial charge in [-0.25, -0.2) is 18.3 Å². The van der Waals surface area contributed by atoms with Gasteiger partial charge in [0.15, 0.2) is 0 Å². The van der Waals surface area contributed by atoms with E-state index in [1.165, 1.54) is 5.69 Å². The molecule has 2 unspecified atom stereocenters. The van der Waals surface area contributed by atoms with E-state index < -0.39 is 20.2 Å². The first-order valence-corrected chi connectivity index (χ1v) is 14.3. The molecule has 3 aromatic rings. The van der Waals surface area contributed by atoms with Gasteiger partial charge in [-0.05, 0) is 24.3 Å². The van der Waals surface area contributed by atoms with Crippen molar-refractivity contribution in [2.75, 3.05) is 29.7 Å². The normalized spacial score (nSPS) is 17.8. The summed E-state index contributed by atoms with van der Waals surface area (Å²) >= 11 is 0. The molecule has 1 aliphatic heterocycles. The number of hydrogen-bond donors (Lipinski definition) is 3. The maximum Gasteiger partial charge on any atom is 0.261 e. The Morgan fingerprint density at radius 1 is 0.943 bits per heavy atom. The van der Waals surface area contributed by atoms with Gasteiger partial charge in [-0.2, -0.15) is 16.8 Å². The molecule has 0 spiro atoms. The third-order valence-electron chi connectivity index (χ3n) is 5.07. The van der Waals surface area contributed by atoms with Crippen molar-refractivity contribution in [2.45, 2.75) is 25.0 Å². The zero-order valence-electron chi connectivity index (χ0n) is 20.2. The van der Waals surface area contributed by atoms with Gasteiger partial charge in [-0.15, -0.1) is 0 Å². The minimum atomic E-state index is -3.67. The molecule has 3 heterocycles. The number of hydrogen-bond acceptors (Lipinski definition) is 6. The van der Waals surface area contributed by atoms with Gasteiger partial charge < -0.3 is 10.6 Å². The number of anilines is 2. The molecule has 0 aliphatic carbocycles. The zero-order valence-corrected chi connectivity index (χ0v) is 21.8. The molecule has 35 heavy (non-hydrogen) atoms. The van der Waals surface area contributed by atoms with Gasteiger partial charge in [-0.3, -0.25) is 9.11 Å². The van der Waals surface area contributed by atoms with E-state index in [4.69, 9.17) is 14.8 Å². The molecule has 2 aromatic heterocycles. The van der Waals surface area contributed by atoms with E-state index in [9.17, 15) is 16.8 Å². The molecule has 4 N–H and O–H groups in total. The van der Waals surface area contributed by atoms with Crippen LogP contribution in [0.2, 0.25) is 0 Å². The van der Waals surface area contributed by atoms with Crippen LogP contribution in [0.1, 0.15) is 12.5 Å². The van der Waals surface area contributed by atoms with Crippen molar-refractivity contribution in [3.8, 4) is 0 Å². The van der Waals surface area contributed by atoms with Crippen LogP contribution in [0.25, 0.3) is 0 Å². The summed E-state index contributed by atoms with van der Waals surface area (Å²) in [5.41, 5.74) is 7.93. The fraction of sp³-hybridized carbons (Fsp3) is 0.429. The molecule has 0 amide bonds. The summed E-state index contributed by atoms with van der Waals surface area (Å²) in [4.78, 5) is 2.52. The molecule has 194 valence electrons. The minimum absolute atomic E-state index is 0.453. The molecule has 14 heteroatoms. The van der Waals surface area contributed by atoms with Gasteiger partial charge in [-0.1, -0.05) is 0 Å². The second kappa shape index (κ2) is 11.7. The molecule has 4 rings (SSSR count). The van der Waals surface area contributed by atoms with Crippen molar-refractivity contribution in [1.82, 2.24) is 9.13 Å². The lowest BCUT2D eigenvalue weighted by molar-refractivity contribution is -0.671. The van der Waals surface area contributed by atoms with Gasteiger partial charge in [0, 0.05) is 17.8 Å². The first-order valence-electron chi connectivity index (χ1n) is 10.6. The number of aromatic nitrogens is 4. The number of benzene rings is 1. The van der Waals surface area contributed by atoms with Crippen LogP contribution >= 0.6 is 0 Å². The van der Waals surface area contributed by atoms with E-state index in [0.29, 0.717) is 24.6 Å². The van der Waals surface area contributed by atoms with Gasteiger partial charge in [0.05, 0.1) is 39.2 Å². The van der Waals surface area contributed by atoms with Crippen LogP contribution in [-0.2, 0) is 40.9 Å². The van der Waals surface area contributed by atoms with Crippen molar-refractivity contribution >= 4 is 31.6 Å². The van der Waals surface area contributed by atoms with Crippen LogP contribution in [0.5, 0.6) is 0 Å². The number of nitrogen functional groups attached to an aromatic ring is 1. The highest BCUT2D eigenvalue weighted by molar-refractivity contribution is 7.85. The second-order valence-corrected chi connectivity index (χ2v) is 11.5. The first kappa shape index (κ1) is 28.3. The maximum atomic E-state index is 9.19. The van der Waals surface area contributed by atoms with E-state index in [1.54, 1.807) is 0 Å². The van der Waals surface area contributed by atoms with E-state index in [0.717, 1.165) is 25.2 Å². The van der Waals surface area contributed by atoms with E-state index in [-0.39, 0.29) is 0 Å². The average Bonchev–Trinajstić information content (AvgIpc) is 3.40. The Balaban J connectivity index is 0.000000368. The van der Waals surface area contributed by atoms with Crippen LogP contribution in [0.3, 0.4) is 0 Å². The van der Waals surface area contributed by atoms with Crippen LogP contribution < -0.4 is 19.8 Å². The van der Waals surface area contributed by atoms with E-state index >= 15 is 0 Å². The molecule has 2 atom stereocenters. The quantitative estimate of drug-likeness (QED) is 0.243. The Bertz CT molecular complexity index is 1260. The molecule has 0 saturated carbocycles. The second-order valence-electron chi connectivity index (χ2n) is 8.56. The summed E-state index contributed by atoms with van der Waals surface area (Å²) in [6.45, 7) is 1.99. The molecule has 0 radical (unpaired) electrons. The minimum Gasteiger partial charge on any atom is -0.399 e. The van der Waals surface area contributed by atoms with Crippen LogP contribution in [0.4, 0.5) is 11.4 Å². The molecule has 0 bridgehead atoms. The average molecular weight is 531 g/mol. The summed E-state index contributed by atoms with van der Waals surface area (Å²) in [5, 5.41) is 0. The summed E-state index contributed by atoms with van der Waals surface area (Å²) in [6, 6.07) is 9.18. The Morgan fingerprint density at radius 2 is 1.46 bits per heavy atom. The third kappa shape index (κ3) is 10.9. The van der Waals surface area contributed by atoms with Gasteiger partial charge in [0.1, 0.15) is 37.4 Å². The van der Waals surface area contributed by atoms with Crippen molar-refractivity contribution < 1.29 is 35.1 Å². The summed E-state index contributed by atoms with van der Waals surface area (Å²) < 4.78 is 60.5. The number of rotatable bonds is 4. The Kier molecular flexibility index (Phi) is 9.43. The lowest BCUT2D eigenvalue weighted by Crippen LogP contribution is -2.33. The van der Waals surface area contributed by atoms with Gasteiger partial charge in [0.25, 0.3) is 20.2 Å². The van der Waals surface area contributed by atoms with Crippen LogP contribution in [0, 0.1) is 0 Å². The van der Waals surface area contributed by atoms with Crippen LogP contribution in [0.15, 0.2) is 61.7 Å². The lowest BCUT2D eigenvalue weighted by Gasteiger charge is -2.25. The molecule has 12 nitrogen and oxygen atoms in total. The standard InChI is InChI=1S/C19H26N6.2CH4O3S/c1-21-7-9-23(14-21)12-19-11-18(24-10-8-22(2)15-24)13-25(19)17-5-3-16(20)4-6-17;2*1-5(2,3)4/h3-10,14-15,18-19H,11-13,20H2,1-2H3;2*1H3,(H,2,3,4)/q+2;;. The first-order chi connectivity index (χ1) is 16.1. The summed E-state index contributed by atoms with van der Waals surface area (Å²) in [6.07, 6.45) is 15.4. The molecular weight excluding hydrogens is 496 g/mol. The number of nitrogens with two attached hydrogens (primary N) is 1. The Morgan fingerprint density at radius 3 is 1.91 bits per heavy atom. The molecule has 1 aliphatic rings. The Labute approximate surface area is 206 Å². The van der Waals surface area contributed by atoms with Gasteiger partial charge >= 0.3 is 0 Å². The maximum absolute atomic E-state index is 9.19. The van der Waals surface area contributed by atoms with E-state index in [2.05, 4.69) is 86.8 Å². The largest absolute Gasteiger partial charge is 0.399 e. The number of aryl methyl sites for hydroxylation is 2. The molecular formula is C21H34N6O6S2+2. The third-order valence-corrected chi connectivity index (χ3v) is 5.07. The summed E-state index contributed by atoms with van der Waals surface area (Å²) in [5.74, 6) is 0. The van der Waals surface area contributed by atoms with Crippen LogP contribution in [-0.4, -0.2) is 60.2 Å². The highest BCUT2D eigenvalue weighted by atomic mass is 32.2. The van der Waals surface area contributed by atoms with E-state index in [1.807, 2.05) is 12.1 Å². The lowest BCUT2D eigenvalue weighted by atomic mass is 10.1. The monoisotopic (exact) mass is 530 g/mol. The zero-order chi connectivity index (χ0) is 26.4. The molecule has 1 saturated heterocycles. The number of nitrogens with zero attached hydrogens (tertiary/aromatic N) is 5. The van der Waals surface area contributed by atoms with Crippen molar-refractivity contribution in [1.29, 1.82) is 0 Å². The van der Waals surface area contributed by atoms with Crippen molar-refractivity contribution in [2.24, 2.45) is 14.1 Å². The smallest absolute Gasteiger partial charge is 0.261 e. The highest BCUT2D eigenvalue weighted by Gasteiger charge is 2.37. The molecule has 1 aromatic carbocycles. The van der Waals surface area contributed by atoms with Gasteiger partial charge in [0.2, 0.25) is 12.7 Å². The predicted octanol–water partition coefficient (Wildman–Crippen LogP) is 0.0490. The van der Waals surface area contributed by atoms with Crippen molar-refractivity contribution in [3.05, 3.63) is 61.7 Å². The summed E-state index contributed by atoms with van der Waals surface area (Å²) in [7, 11) is -3.20. The molecule has 1 fully saturated rings. The Hall–Kier alpha value is -2.94. The SMILES string of the molecule is CS(=O)(=O)O.CS(=O)(=O)O.C[n+]1ccn(CC2CC(n3cc[n+](C)c3)CN2c2ccc(N)cc2)c1. The predicted molar refractivity (Wildman–Crippen MR) is 132 cm³/mol. The fourth-order valence-electron chi connectivity index (χ4n) is 3.80.